The minimum Gasteiger partial charge on any atom is -0.448 e. The van der Waals surface area contributed by atoms with Crippen LogP contribution in [0.3, 0.4) is 0 Å². The van der Waals surface area contributed by atoms with Crippen LogP contribution in [0.5, 0.6) is 0 Å². The Hall–Kier alpha value is -0.870. The van der Waals surface area contributed by atoms with E-state index in [2.05, 4.69) is 4.98 Å². The van der Waals surface area contributed by atoms with Crippen LogP contribution >= 0.6 is 0 Å². The van der Waals surface area contributed by atoms with Crippen LogP contribution in [-0.4, -0.2) is 22.8 Å². The molecular formula is C10H15NO3. The first-order chi connectivity index (χ1) is 6.79. The predicted molar refractivity (Wildman–Crippen MR) is 49.7 cm³/mol. The van der Waals surface area contributed by atoms with Crippen molar-refractivity contribution < 1.29 is 14.3 Å². The van der Waals surface area contributed by atoms with E-state index in [9.17, 15) is 0 Å². The van der Waals surface area contributed by atoms with E-state index in [1.165, 1.54) is 12.8 Å². The number of aliphatic hydroxyl groups is 1. The fraction of sp³-hybridized carbons (Fsp3) is 0.700. The van der Waals surface area contributed by atoms with Gasteiger partial charge in [0.15, 0.2) is 6.39 Å². The molecule has 1 saturated carbocycles. The molecule has 1 heterocycles. The summed E-state index contributed by atoms with van der Waals surface area (Å²) in [5.74, 6) is 0.758. The van der Waals surface area contributed by atoms with Gasteiger partial charge in [-0.1, -0.05) is 0 Å². The number of aromatic nitrogens is 1. The quantitative estimate of drug-likeness (QED) is 0.790. The Kier molecular flexibility index (Phi) is 2.56. The summed E-state index contributed by atoms with van der Waals surface area (Å²) in [6, 6.07) is 0. The minimum absolute atomic E-state index is 0.0639. The lowest BCUT2D eigenvalue weighted by Gasteiger charge is -2.39. The molecule has 0 atom stereocenters. The molecule has 0 radical (unpaired) electrons. The lowest BCUT2D eigenvalue weighted by molar-refractivity contribution is -0.0740. The summed E-state index contributed by atoms with van der Waals surface area (Å²) in [5, 5.41) is 9.00. The molecule has 0 aromatic carbocycles. The monoisotopic (exact) mass is 197 g/mol. The highest BCUT2D eigenvalue weighted by Gasteiger charge is 2.38. The molecule has 1 aromatic heterocycles. The number of ether oxygens (including phenoxy) is 1. The summed E-state index contributed by atoms with van der Waals surface area (Å²) < 4.78 is 10.7. The molecule has 14 heavy (non-hydrogen) atoms. The first kappa shape index (κ1) is 9.68. The van der Waals surface area contributed by atoms with E-state index in [0.717, 1.165) is 25.0 Å². The van der Waals surface area contributed by atoms with Crippen LogP contribution in [-0.2, 0) is 17.8 Å². The maximum Gasteiger partial charge on any atom is 0.181 e. The van der Waals surface area contributed by atoms with Gasteiger partial charge in [-0.05, 0) is 19.3 Å². The highest BCUT2D eigenvalue weighted by atomic mass is 16.5. The second-order valence-electron chi connectivity index (χ2n) is 3.80. The number of methoxy groups -OCH3 is 1. The molecule has 0 saturated heterocycles. The van der Waals surface area contributed by atoms with Crippen LogP contribution in [0.4, 0.5) is 0 Å². The molecule has 4 nitrogen and oxygen atoms in total. The van der Waals surface area contributed by atoms with E-state index in [-0.39, 0.29) is 12.2 Å². The van der Waals surface area contributed by atoms with E-state index in [4.69, 9.17) is 14.3 Å². The number of hydrogen-bond acceptors (Lipinski definition) is 4. The van der Waals surface area contributed by atoms with Gasteiger partial charge in [0.25, 0.3) is 0 Å². The topological polar surface area (TPSA) is 55.5 Å². The Balaban J connectivity index is 2.09. The molecule has 0 spiro atoms. The van der Waals surface area contributed by atoms with Crippen molar-refractivity contribution in [3.8, 4) is 0 Å². The molecule has 1 fully saturated rings. The Morgan fingerprint density at radius 3 is 2.93 bits per heavy atom. The van der Waals surface area contributed by atoms with Crippen LogP contribution in [0.1, 0.15) is 30.7 Å². The highest BCUT2D eigenvalue weighted by molar-refractivity contribution is 5.11. The lowest BCUT2D eigenvalue weighted by Crippen LogP contribution is -2.41. The van der Waals surface area contributed by atoms with Crippen molar-refractivity contribution in [1.82, 2.24) is 4.98 Å². The van der Waals surface area contributed by atoms with Gasteiger partial charge in [0, 0.05) is 13.5 Å². The Morgan fingerprint density at radius 2 is 2.43 bits per heavy atom. The van der Waals surface area contributed by atoms with Crippen LogP contribution in [0.25, 0.3) is 0 Å². The molecule has 0 bridgehead atoms. The first-order valence-electron chi connectivity index (χ1n) is 4.87. The smallest absolute Gasteiger partial charge is 0.181 e. The number of hydrogen-bond donors (Lipinski definition) is 1. The summed E-state index contributed by atoms with van der Waals surface area (Å²) in [6.07, 6.45) is 5.43. The first-order valence-corrected chi connectivity index (χ1v) is 4.87. The third-order valence-corrected chi connectivity index (χ3v) is 3.06. The average Bonchev–Trinajstić information content (AvgIpc) is 2.58. The van der Waals surface area contributed by atoms with Gasteiger partial charge in [0.1, 0.15) is 11.5 Å². The van der Waals surface area contributed by atoms with Gasteiger partial charge in [0.2, 0.25) is 0 Å². The normalized spacial score (nSPS) is 19.3. The molecule has 0 aliphatic heterocycles. The fourth-order valence-electron chi connectivity index (χ4n) is 1.88. The van der Waals surface area contributed by atoms with Crippen LogP contribution in [0.15, 0.2) is 10.8 Å². The fourth-order valence-corrected chi connectivity index (χ4v) is 1.88. The average molecular weight is 197 g/mol. The minimum atomic E-state index is -0.0660. The zero-order valence-electron chi connectivity index (χ0n) is 8.32. The van der Waals surface area contributed by atoms with E-state index in [1.54, 1.807) is 7.11 Å². The summed E-state index contributed by atoms with van der Waals surface area (Å²) in [7, 11) is 1.73. The lowest BCUT2D eigenvalue weighted by atomic mass is 9.77. The molecule has 1 aliphatic rings. The van der Waals surface area contributed by atoms with Gasteiger partial charge in [-0.25, -0.2) is 4.98 Å². The third kappa shape index (κ3) is 1.55. The van der Waals surface area contributed by atoms with Gasteiger partial charge >= 0.3 is 0 Å². The van der Waals surface area contributed by atoms with Crippen molar-refractivity contribution in [3.63, 3.8) is 0 Å². The molecule has 0 amide bonds. The molecule has 1 aromatic rings. The van der Waals surface area contributed by atoms with E-state index in [0.29, 0.717) is 5.69 Å². The second kappa shape index (κ2) is 3.71. The predicted octanol–water partition coefficient (Wildman–Crippen LogP) is 1.28. The number of aliphatic hydroxyl groups excluding tert-OH is 1. The number of oxazole rings is 1. The molecule has 2 rings (SSSR count). The third-order valence-electron chi connectivity index (χ3n) is 3.06. The number of nitrogens with zero attached hydrogens (tertiary/aromatic N) is 1. The molecular weight excluding hydrogens is 182 g/mol. The highest BCUT2D eigenvalue weighted by Crippen LogP contribution is 2.38. The van der Waals surface area contributed by atoms with E-state index in [1.807, 2.05) is 0 Å². The standard InChI is InChI=1S/C10H15NO3/c1-13-10(3-2-4-10)5-9-8(6-12)11-7-14-9/h7,12H,2-6H2,1H3. The van der Waals surface area contributed by atoms with Crippen LogP contribution in [0.2, 0.25) is 0 Å². The van der Waals surface area contributed by atoms with Gasteiger partial charge in [-0.2, -0.15) is 0 Å². The van der Waals surface area contributed by atoms with Crippen molar-refractivity contribution >= 4 is 0 Å². The maximum atomic E-state index is 9.00. The van der Waals surface area contributed by atoms with Crippen molar-refractivity contribution in [2.75, 3.05) is 7.11 Å². The number of rotatable bonds is 4. The van der Waals surface area contributed by atoms with Crippen molar-refractivity contribution in [2.45, 2.75) is 37.9 Å². The van der Waals surface area contributed by atoms with E-state index < -0.39 is 0 Å². The zero-order valence-corrected chi connectivity index (χ0v) is 8.32. The van der Waals surface area contributed by atoms with Crippen LogP contribution < -0.4 is 0 Å². The van der Waals surface area contributed by atoms with Gasteiger partial charge in [0.05, 0.1) is 12.2 Å². The van der Waals surface area contributed by atoms with Crippen molar-refractivity contribution in [2.24, 2.45) is 0 Å². The summed E-state index contributed by atoms with van der Waals surface area (Å²) in [5.41, 5.74) is 0.567. The molecule has 4 heteroatoms. The molecule has 1 aliphatic carbocycles. The SMILES string of the molecule is COC1(Cc2ocnc2CO)CCC1. The summed E-state index contributed by atoms with van der Waals surface area (Å²) >= 11 is 0. The maximum absolute atomic E-state index is 9.00. The summed E-state index contributed by atoms with van der Waals surface area (Å²) in [6.45, 7) is -0.0639. The van der Waals surface area contributed by atoms with E-state index >= 15 is 0 Å². The van der Waals surface area contributed by atoms with Crippen molar-refractivity contribution in [1.29, 1.82) is 0 Å². The Labute approximate surface area is 82.9 Å². The van der Waals surface area contributed by atoms with Gasteiger partial charge < -0.3 is 14.3 Å². The Morgan fingerprint density at radius 1 is 1.64 bits per heavy atom. The largest absolute Gasteiger partial charge is 0.448 e. The molecule has 1 N–H and O–H groups in total. The van der Waals surface area contributed by atoms with Gasteiger partial charge in [-0.15, -0.1) is 0 Å². The second-order valence-corrected chi connectivity index (χ2v) is 3.80. The summed E-state index contributed by atoms with van der Waals surface area (Å²) in [4.78, 5) is 3.94. The molecule has 0 unspecified atom stereocenters. The zero-order chi connectivity index (χ0) is 10.0. The van der Waals surface area contributed by atoms with Gasteiger partial charge in [-0.3, -0.25) is 0 Å². The van der Waals surface area contributed by atoms with Crippen LogP contribution in [0, 0.1) is 0 Å². The Bertz CT molecular complexity index is 299. The van der Waals surface area contributed by atoms with Crippen molar-refractivity contribution in [3.05, 3.63) is 17.8 Å². The molecule has 78 valence electrons.